The lowest BCUT2D eigenvalue weighted by atomic mass is 10.2. The maximum atomic E-state index is 11.4. The summed E-state index contributed by atoms with van der Waals surface area (Å²) in [7, 11) is 1.31. The largest absolute Gasteiger partial charge is 0.465 e. The van der Waals surface area contributed by atoms with E-state index in [1.807, 2.05) is 6.92 Å². The molecule has 0 saturated carbocycles. The molecule has 1 aromatic rings. The van der Waals surface area contributed by atoms with Gasteiger partial charge in [-0.15, -0.1) is 0 Å². The standard InChI is InChI=1S/C11H16N2O3S/c1-4-5-16-6-8-12-7(2)9(10(17)13-8)11(14)15-3/h4-6H2,1-3H3,(H,12,13,17). The Morgan fingerprint density at radius 3 is 2.76 bits per heavy atom. The normalized spacial score (nSPS) is 10.3. The number of nitrogens with zero attached hydrogens (tertiary/aromatic N) is 1. The average molecular weight is 256 g/mol. The third-order valence-electron chi connectivity index (χ3n) is 2.13. The van der Waals surface area contributed by atoms with Gasteiger partial charge < -0.3 is 14.5 Å². The highest BCUT2D eigenvalue weighted by molar-refractivity contribution is 7.71. The van der Waals surface area contributed by atoms with Gasteiger partial charge in [0.05, 0.1) is 7.11 Å². The summed E-state index contributed by atoms with van der Waals surface area (Å²) >= 11 is 5.06. The highest BCUT2D eigenvalue weighted by Gasteiger charge is 2.13. The van der Waals surface area contributed by atoms with Gasteiger partial charge in [-0.3, -0.25) is 0 Å². The van der Waals surface area contributed by atoms with Gasteiger partial charge in [0.15, 0.2) is 0 Å². The average Bonchev–Trinajstić information content (AvgIpc) is 2.28. The van der Waals surface area contributed by atoms with Gasteiger partial charge in [0.2, 0.25) is 0 Å². The van der Waals surface area contributed by atoms with Gasteiger partial charge in [-0.05, 0) is 13.3 Å². The Bertz CT molecular complexity index is 457. The Morgan fingerprint density at radius 1 is 1.53 bits per heavy atom. The molecule has 0 spiro atoms. The highest BCUT2D eigenvalue weighted by Crippen LogP contribution is 2.09. The van der Waals surface area contributed by atoms with Crippen LogP contribution in [0.15, 0.2) is 0 Å². The molecule has 0 atom stereocenters. The molecule has 0 fully saturated rings. The van der Waals surface area contributed by atoms with Crippen molar-refractivity contribution in [2.45, 2.75) is 26.9 Å². The van der Waals surface area contributed by atoms with Crippen LogP contribution >= 0.6 is 12.2 Å². The van der Waals surface area contributed by atoms with Crippen molar-refractivity contribution >= 4 is 18.2 Å². The third-order valence-corrected chi connectivity index (χ3v) is 2.43. The summed E-state index contributed by atoms with van der Waals surface area (Å²) in [5.41, 5.74) is 0.952. The number of methoxy groups -OCH3 is 1. The van der Waals surface area contributed by atoms with E-state index in [1.165, 1.54) is 7.11 Å². The first-order chi connectivity index (χ1) is 8.10. The number of carbonyl (C=O) groups is 1. The van der Waals surface area contributed by atoms with E-state index >= 15 is 0 Å². The lowest BCUT2D eigenvalue weighted by molar-refractivity contribution is 0.0597. The van der Waals surface area contributed by atoms with Gasteiger partial charge in [0, 0.05) is 12.3 Å². The number of carbonyl (C=O) groups excluding carboxylic acids is 1. The van der Waals surface area contributed by atoms with Crippen molar-refractivity contribution in [3.63, 3.8) is 0 Å². The number of ether oxygens (including phenoxy) is 2. The zero-order chi connectivity index (χ0) is 12.8. The number of hydrogen-bond acceptors (Lipinski definition) is 5. The van der Waals surface area contributed by atoms with Gasteiger partial charge in [0.1, 0.15) is 22.6 Å². The third kappa shape index (κ3) is 3.61. The minimum Gasteiger partial charge on any atom is -0.465 e. The number of aryl methyl sites for hydroxylation is 1. The fraction of sp³-hybridized carbons (Fsp3) is 0.545. The van der Waals surface area contributed by atoms with Crippen molar-refractivity contribution in [2.75, 3.05) is 13.7 Å². The Balaban J connectivity index is 2.94. The molecule has 5 nitrogen and oxygen atoms in total. The van der Waals surface area contributed by atoms with Crippen molar-refractivity contribution < 1.29 is 14.3 Å². The Morgan fingerprint density at radius 2 is 2.24 bits per heavy atom. The molecule has 0 aliphatic carbocycles. The van der Waals surface area contributed by atoms with Gasteiger partial charge in [-0.25, -0.2) is 9.78 Å². The predicted molar refractivity (Wildman–Crippen MR) is 65.4 cm³/mol. The predicted octanol–water partition coefficient (Wildman–Crippen LogP) is 2.16. The number of esters is 1. The zero-order valence-electron chi connectivity index (χ0n) is 10.2. The minimum absolute atomic E-state index is 0.239. The van der Waals surface area contributed by atoms with Crippen molar-refractivity contribution in [1.82, 2.24) is 9.97 Å². The van der Waals surface area contributed by atoms with E-state index in [2.05, 4.69) is 14.7 Å². The van der Waals surface area contributed by atoms with Crippen molar-refractivity contribution in [3.8, 4) is 0 Å². The van der Waals surface area contributed by atoms with Gasteiger partial charge >= 0.3 is 5.97 Å². The van der Waals surface area contributed by atoms with Crippen LogP contribution in [-0.2, 0) is 16.1 Å². The van der Waals surface area contributed by atoms with E-state index in [1.54, 1.807) is 6.92 Å². The van der Waals surface area contributed by atoms with Crippen LogP contribution < -0.4 is 0 Å². The molecule has 1 rings (SSSR count). The topological polar surface area (TPSA) is 64.2 Å². The second-order valence-electron chi connectivity index (χ2n) is 3.53. The summed E-state index contributed by atoms with van der Waals surface area (Å²) in [6.07, 6.45) is 0.944. The summed E-state index contributed by atoms with van der Waals surface area (Å²) in [5, 5.41) is 0. The number of aromatic amines is 1. The van der Waals surface area contributed by atoms with E-state index in [0.717, 1.165) is 6.42 Å². The smallest absolute Gasteiger partial charge is 0.342 e. The molecule has 0 radical (unpaired) electrons. The molecular weight excluding hydrogens is 240 g/mol. The maximum Gasteiger partial charge on any atom is 0.342 e. The molecule has 6 heteroatoms. The molecule has 1 N–H and O–H groups in total. The number of hydrogen-bond donors (Lipinski definition) is 1. The van der Waals surface area contributed by atoms with Crippen LogP contribution in [-0.4, -0.2) is 29.7 Å². The van der Waals surface area contributed by atoms with E-state index in [4.69, 9.17) is 17.0 Å². The summed E-state index contributed by atoms with van der Waals surface area (Å²) < 4.78 is 10.2. The first kappa shape index (κ1) is 13.8. The molecule has 0 unspecified atom stereocenters. The first-order valence-electron chi connectivity index (χ1n) is 5.36. The molecule has 1 heterocycles. The van der Waals surface area contributed by atoms with Crippen molar-refractivity contribution in [1.29, 1.82) is 0 Å². The van der Waals surface area contributed by atoms with E-state index in [9.17, 15) is 4.79 Å². The van der Waals surface area contributed by atoms with Crippen LogP contribution in [0.25, 0.3) is 0 Å². The lowest BCUT2D eigenvalue weighted by Crippen LogP contribution is -2.11. The monoisotopic (exact) mass is 256 g/mol. The molecule has 1 aromatic heterocycles. The summed E-state index contributed by atoms with van der Waals surface area (Å²) in [5.74, 6) is 0.144. The van der Waals surface area contributed by atoms with Gasteiger partial charge in [-0.1, -0.05) is 19.1 Å². The number of nitrogens with one attached hydrogen (secondary N) is 1. The van der Waals surface area contributed by atoms with Crippen LogP contribution in [0.3, 0.4) is 0 Å². The first-order valence-corrected chi connectivity index (χ1v) is 5.76. The molecule has 94 valence electrons. The van der Waals surface area contributed by atoms with Crippen molar-refractivity contribution in [3.05, 3.63) is 21.7 Å². The fourth-order valence-corrected chi connectivity index (χ4v) is 1.72. The molecule has 0 saturated heterocycles. The molecule has 17 heavy (non-hydrogen) atoms. The molecule has 0 aliphatic rings. The SMILES string of the molecule is CCCOCc1nc(=S)c(C(=O)OC)c(C)[nH]1. The number of rotatable bonds is 5. The molecule has 0 amide bonds. The second-order valence-corrected chi connectivity index (χ2v) is 3.92. The molecule has 0 aliphatic heterocycles. The van der Waals surface area contributed by atoms with Crippen LogP contribution in [0.1, 0.15) is 35.2 Å². The van der Waals surface area contributed by atoms with E-state index < -0.39 is 5.97 Å². The minimum atomic E-state index is -0.475. The molecule has 0 bridgehead atoms. The van der Waals surface area contributed by atoms with Crippen molar-refractivity contribution in [2.24, 2.45) is 0 Å². The van der Waals surface area contributed by atoms with Crippen LogP contribution in [0.4, 0.5) is 0 Å². The van der Waals surface area contributed by atoms with Gasteiger partial charge in [-0.2, -0.15) is 0 Å². The highest BCUT2D eigenvalue weighted by atomic mass is 32.1. The van der Waals surface area contributed by atoms with E-state index in [-0.39, 0.29) is 4.64 Å². The maximum absolute atomic E-state index is 11.4. The summed E-state index contributed by atoms with van der Waals surface area (Å²) in [6, 6.07) is 0. The van der Waals surface area contributed by atoms with Crippen LogP contribution in [0, 0.1) is 11.6 Å². The quantitative estimate of drug-likeness (QED) is 0.497. The Labute approximate surface area is 105 Å². The summed E-state index contributed by atoms with van der Waals surface area (Å²) in [6.45, 7) is 4.81. The van der Waals surface area contributed by atoms with Gasteiger partial charge in [0.25, 0.3) is 0 Å². The Kier molecular flexibility index (Phi) is 5.24. The van der Waals surface area contributed by atoms with Crippen LogP contribution in [0.5, 0.6) is 0 Å². The molecular formula is C11H16N2O3S. The van der Waals surface area contributed by atoms with E-state index in [0.29, 0.717) is 30.3 Å². The fourth-order valence-electron chi connectivity index (χ4n) is 1.37. The second kappa shape index (κ2) is 6.46. The van der Waals surface area contributed by atoms with Crippen LogP contribution in [0.2, 0.25) is 0 Å². The lowest BCUT2D eigenvalue weighted by Gasteiger charge is -2.07. The summed E-state index contributed by atoms with van der Waals surface area (Å²) in [4.78, 5) is 18.5. The number of H-pyrrole nitrogens is 1. The molecule has 0 aromatic carbocycles. The number of aromatic nitrogens is 2. The Hall–Kier alpha value is -1.27. The zero-order valence-corrected chi connectivity index (χ0v) is 11.0.